The molecule has 1 nitrogen and oxygen atoms in total. The van der Waals surface area contributed by atoms with Crippen molar-refractivity contribution in [1.29, 1.82) is 0 Å². The molecular formula is C29H29N. The first-order valence-corrected chi connectivity index (χ1v) is 10.8. The van der Waals surface area contributed by atoms with Gasteiger partial charge in [0.2, 0.25) is 0 Å². The molecule has 0 spiro atoms. The summed E-state index contributed by atoms with van der Waals surface area (Å²) in [5, 5.41) is 2.55. The van der Waals surface area contributed by atoms with Crippen molar-refractivity contribution in [3.05, 3.63) is 96.1 Å². The Labute approximate surface area is 180 Å². The molecule has 1 aliphatic rings. The van der Waals surface area contributed by atoms with Crippen LogP contribution in [0.25, 0.3) is 21.9 Å². The summed E-state index contributed by atoms with van der Waals surface area (Å²) in [6.07, 6.45) is 0. The number of anilines is 2. The highest BCUT2D eigenvalue weighted by Gasteiger charge is 2.36. The van der Waals surface area contributed by atoms with Gasteiger partial charge in [-0.2, -0.15) is 0 Å². The van der Waals surface area contributed by atoms with Crippen LogP contribution in [0.1, 0.15) is 45.7 Å². The molecule has 30 heavy (non-hydrogen) atoms. The Bertz CT molecular complexity index is 1260. The van der Waals surface area contributed by atoms with Crippen LogP contribution in [0.3, 0.4) is 0 Å². The molecule has 0 bridgehead atoms. The summed E-state index contributed by atoms with van der Waals surface area (Å²) in [6.45, 7) is 11.6. The van der Waals surface area contributed by atoms with Crippen molar-refractivity contribution >= 4 is 22.1 Å². The van der Waals surface area contributed by atoms with E-state index >= 15 is 0 Å². The van der Waals surface area contributed by atoms with Gasteiger partial charge in [0.25, 0.3) is 0 Å². The van der Waals surface area contributed by atoms with Gasteiger partial charge in [-0.3, -0.25) is 0 Å². The Hall–Kier alpha value is -3.06. The third kappa shape index (κ3) is 2.84. The average molecular weight is 392 g/mol. The first-order valence-electron chi connectivity index (χ1n) is 10.8. The van der Waals surface area contributed by atoms with Gasteiger partial charge in [-0.1, -0.05) is 74.5 Å². The second-order valence-electron chi connectivity index (χ2n) is 9.94. The molecule has 0 saturated heterocycles. The van der Waals surface area contributed by atoms with Gasteiger partial charge in [0, 0.05) is 22.3 Å². The Morgan fingerprint density at radius 2 is 1.20 bits per heavy atom. The van der Waals surface area contributed by atoms with Crippen molar-refractivity contribution in [2.24, 2.45) is 0 Å². The van der Waals surface area contributed by atoms with Crippen molar-refractivity contribution in [2.45, 2.75) is 45.6 Å². The number of hydrogen-bond donors (Lipinski definition) is 0. The zero-order valence-corrected chi connectivity index (χ0v) is 18.5. The third-order valence-electron chi connectivity index (χ3n) is 6.49. The SMILES string of the molecule is CC1(C)c2ccccc2-c2ccc(N(c3ccc4ccccc4c3)C(C)(C)C)cc21. The van der Waals surface area contributed by atoms with Gasteiger partial charge in [-0.05, 0) is 78.1 Å². The first-order chi connectivity index (χ1) is 14.3. The molecule has 0 saturated carbocycles. The van der Waals surface area contributed by atoms with Crippen molar-refractivity contribution < 1.29 is 0 Å². The Morgan fingerprint density at radius 1 is 0.600 bits per heavy atom. The molecule has 0 N–H and O–H groups in total. The summed E-state index contributed by atoms with van der Waals surface area (Å²) >= 11 is 0. The zero-order chi connectivity index (χ0) is 21.1. The largest absolute Gasteiger partial charge is 0.336 e. The number of nitrogens with zero attached hydrogens (tertiary/aromatic N) is 1. The van der Waals surface area contributed by atoms with E-state index in [0.29, 0.717) is 0 Å². The Morgan fingerprint density at radius 3 is 1.97 bits per heavy atom. The number of fused-ring (bicyclic) bond motifs is 4. The molecule has 0 aliphatic heterocycles. The van der Waals surface area contributed by atoms with Crippen LogP contribution < -0.4 is 4.90 Å². The number of hydrogen-bond acceptors (Lipinski definition) is 1. The van der Waals surface area contributed by atoms with E-state index < -0.39 is 0 Å². The molecule has 4 aromatic carbocycles. The predicted molar refractivity (Wildman–Crippen MR) is 130 cm³/mol. The summed E-state index contributed by atoms with van der Waals surface area (Å²) in [5.41, 5.74) is 8.01. The summed E-state index contributed by atoms with van der Waals surface area (Å²) in [4.78, 5) is 2.47. The molecule has 0 amide bonds. The van der Waals surface area contributed by atoms with E-state index in [1.807, 2.05) is 0 Å². The maximum atomic E-state index is 2.47. The summed E-state index contributed by atoms with van der Waals surface area (Å²) < 4.78 is 0. The van der Waals surface area contributed by atoms with Gasteiger partial charge < -0.3 is 4.90 Å². The minimum Gasteiger partial charge on any atom is -0.336 e. The Kier molecular flexibility index (Phi) is 4.08. The highest BCUT2D eigenvalue weighted by atomic mass is 15.2. The molecule has 1 aliphatic carbocycles. The van der Waals surface area contributed by atoms with E-state index in [9.17, 15) is 0 Å². The average Bonchev–Trinajstić information content (AvgIpc) is 2.94. The molecule has 150 valence electrons. The summed E-state index contributed by atoms with van der Waals surface area (Å²) in [7, 11) is 0. The highest BCUT2D eigenvalue weighted by molar-refractivity contribution is 5.88. The molecule has 0 fully saturated rings. The van der Waals surface area contributed by atoms with E-state index in [-0.39, 0.29) is 11.0 Å². The van der Waals surface area contributed by atoms with Gasteiger partial charge in [-0.15, -0.1) is 0 Å². The van der Waals surface area contributed by atoms with Crippen molar-refractivity contribution in [3.63, 3.8) is 0 Å². The fraction of sp³-hybridized carbons (Fsp3) is 0.241. The first kappa shape index (κ1) is 18.9. The monoisotopic (exact) mass is 391 g/mol. The minimum atomic E-state index is -0.0493. The van der Waals surface area contributed by atoms with Crippen molar-refractivity contribution in [2.75, 3.05) is 4.90 Å². The maximum absolute atomic E-state index is 2.47. The van der Waals surface area contributed by atoms with Crippen LogP contribution in [-0.2, 0) is 5.41 Å². The standard InChI is InChI=1S/C29H29N/c1-28(2,3)30(22-15-14-20-10-6-7-11-21(20)18-22)23-16-17-25-24-12-8-9-13-26(24)29(4,5)27(25)19-23/h6-19H,1-5H3. The molecule has 0 aromatic heterocycles. The number of rotatable bonds is 2. The Balaban J connectivity index is 1.68. The second-order valence-corrected chi connectivity index (χ2v) is 9.94. The second kappa shape index (κ2) is 6.47. The summed E-state index contributed by atoms with van der Waals surface area (Å²) in [6, 6.07) is 31.2. The molecule has 0 unspecified atom stereocenters. The molecule has 1 heteroatoms. The molecular weight excluding hydrogens is 362 g/mol. The lowest BCUT2D eigenvalue weighted by Gasteiger charge is -2.38. The van der Waals surface area contributed by atoms with E-state index in [0.717, 1.165) is 0 Å². The lowest BCUT2D eigenvalue weighted by molar-refractivity contribution is 0.559. The van der Waals surface area contributed by atoms with Gasteiger partial charge >= 0.3 is 0 Å². The van der Waals surface area contributed by atoms with E-state index in [4.69, 9.17) is 0 Å². The molecule has 5 rings (SSSR count). The number of benzene rings is 4. The van der Waals surface area contributed by atoms with Crippen LogP contribution in [0.15, 0.2) is 84.9 Å². The zero-order valence-electron chi connectivity index (χ0n) is 18.5. The van der Waals surface area contributed by atoms with E-state index in [1.54, 1.807) is 0 Å². The van der Waals surface area contributed by atoms with Crippen LogP contribution in [0.5, 0.6) is 0 Å². The van der Waals surface area contributed by atoms with Crippen molar-refractivity contribution in [3.8, 4) is 11.1 Å². The summed E-state index contributed by atoms with van der Waals surface area (Å²) in [5.74, 6) is 0. The molecule has 0 atom stereocenters. The third-order valence-corrected chi connectivity index (χ3v) is 6.49. The predicted octanol–water partition coefficient (Wildman–Crippen LogP) is 8.08. The van der Waals surface area contributed by atoms with Gasteiger partial charge in [0.1, 0.15) is 0 Å². The van der Waals surface area contributed by atoms with Crippen LogP contribution in [0, 0.1) is 0 Å². The van der Waals surface area contributed by atoms with Gasteiger partial charge in [0.05, 0.1) is 0 Å². The minimum absolute atomic E-state index is 0.00881. The van der Waals surface area contributed by atoms with Crippen molar-refractivity contribution in [1.82, 2.24) is 0 Å². The molecule has 0 radical (unpaired) electrons. The maximum Gasteiger partial charge on any atom is 0.0422 e. The lowest BCUT2D eigenvalue weighted by atomic mass is 9.82. The van der Waals surface area contributed by atoms with Crippen LogP contribution in [0.2, 0.25) is 0 Å². The van der Waals surface area contributed by atoms with Crippen LogP contribution in [0.4, 0.5) is 11.4 Å². The highest BCUT2D eigenvalue weighted by Crippen LogP contribution is 2.50. The van der Waals surface area contributed by atoms with Gasteiger partial charge in [-0.25, -0.2) is 0 Å². The fourth-order valence-corrected chi connectivity index (χ4v) is 5.07. The lowest BCUT2D eigenvalue weighted by Crippen LogP contribution is -2.37. The normalized spacial score (nSPS) is 14.4. The van der Waals surface area contributed by atoms with Gasteiger partial charge in [0.15, 0.2) is 0 Å². The quantitative estimate of drug-likeness (QED) is 0.334. The smallest absolute Gasteiger partial charge is 0.0422 e. The topological polar surface area (TPSA) is 3.24 Å². The molecule has 4 aromatic rings. The van der Waals surface area contributed by atoms with E-state index in [1.165, 1.54) is 44.4 Å². The molecule has 0 heterocycles. The fourth-order valence-electron chi connectivity index (χ4n) is 5.07. The van der Waals surface area contributed by atoms with Crippen LogP contribution >= 0.6 is 0 Å². The van der Waals surface area contributed by atoms with E-state index in [2.05, 4.69) is 124 Å². The van der Waals surface area contributed by atoms with Crippen LogP contribution in [-0.4, -0.2) is 5.54 Å².